The number of rotatable bonds is 9. The van der Waals surface area contributed by atoms with Crippen LogP contribution in [0.1, 0.15) is 26.7 Å². The zero-order valence-electron chi connectivity index (χ0n) is 14.9. The van der Waals surface area contributed by atoms with Crippen molar-refractivity contribution in [2.45, 2.75) is 32.7 Å². The predicted molar refractivity (Wildman–Crippen MR) is 91.7 cm³/mol. The van der Waals surface area contributed by atoms with E-state index >= 15 is 0 Å². The lowest BCUT2D eigenvalue weighted by Gasteiger charge is -2.23. The molecule has 6 heteroatoms. The molecule has 0 saturated heterocycles. The predicted octanol–water partition coefficient (Wildman–Crippen LogP) is 2.77. The van der Waals surface area contributed by atoms with Crippen molar-refractivity contribution in [3.05, 3.63) is 12.1 Å². The number of hydrogen-bond donors (Lipinski definition) is 1. The highest BCUT2D eigenvalue weighted by Crippen LogP contribution is 2.39. The van der Waals surface area contributed by atoms with Crippen LogP contribution in [0.4, 0.5) is 5.69 Å². The molecular weight excluding hydrogens is 296 g/mol. The largest absolute Gasteiger partial charge is 0.493 e. The number of carbonyl (C=O) groups excluding carboxylic acids is 1. The molecule has 0 radical (unpaired) electrons. The van der Waals surface area contributed by atoms with Crippen molar-refractivity contribution < 1.29 is 19.0 Å². The van der Waals surface area contributed by atoms with Crippen LogP contribution in [0.15, 0.2) is 12.1 Å². The second-order valence-corrected chi connectivity index (χ2v) is 5.45. The first-order valence-electron chi connectivity index (χ1n) is 7.76. The molecule has 0 spiro atoms. The number of methoxy groups -OCH3 is 3. The van der Waals surface area contributed by atoms with Crippen LogP contribution in [0.2, 0.25) is 0 Å². The third-order valence-electron chi connectivity index (χ3n) is 3.98. The quantitative estimate of drug-likeness (QED) is 0.757. The van der Waals surface area contributed by atoms with E-state index in [1.54, 1.807) is 33.5 Å². The molecule has 6 nitrogen and oxygen atoms in total. The van der Waals surface area contributed by atoms with Crippen LogP contribution in [0.25, 0.3) is 0 Å². The molecule has 23 heavy (non-hydrogen) atoms. The minimum Gasteiger partial charge on any atom is -0.493 e. The molecule has 0 aromatic heterocycles. The van der Waals surface area contributed by atoms with Crippen LogP contribution in [-0.2, 0) is 4.79 Å². The molecule has 0 saturated carbocycles. The molecule has 0 aliphatic rings. The Hall–Kier alpha value is -1.95. The summed E-state index contributed by atoms with van der Waals surface area (Å²) in [5.74, 6) is 1.48. The van der Waals surface area contributed by atoms with Crippen LogP contribution < -0.4 is 19.5 Å². The minimum atomic E-state index is -0.0468. The van der Waals surface area contributed by atoms with Gasteiger partial charge in [0.15, 0.2) is 11.5 Å². The zero-order chi connectivity index (χ0) is 17.4. The Morgan fingerprint density at radius 2 is 1.74 bits per heavy atom. The van der Waals surface area contributed by atoms with E-state index < -0.39 is 0 Å². The molecule has 1 N–H and O–H groups in total. The molecule has 1 aromatic rings. The Balaban J connectivity index is 2.75. The number of amides is 1. The summed E-state index contributed by atoms with van der Waals surface area (Å²) in [5.41, 5.74) is 0.621. The van der Waals surface area contributed by atoms with Crippen molar-refractivity contribution in [3.63, 3.8) is 0 Å². The summed E-state index contributed by atoms with van der Waals surface area (Å²) in [6.45, 7) is 5.00. The van der Waals surface area contributed by atoms with Gasteiger partial charge in [-0.25, -0.2) is 0 Å². The number of nitrogens with one attached hydrogen (secondary N) is 1. The van der Waals surface area contributed by atoms with E-state index in [2.05, 4.69) is 24.1 Å². The monoisotopic (exact) mass is 324 g/mol. The fourth-order valence-corrected chi connectivity index (χ4v) is 2.19. The Bertz CT molecular complexity index is 494. The number of carbonyl (C=O) groups is 1. The molecular formula is C17H28N2O4. The number of benzene rings is 1. The van der Waals surface area contributed by atoms with Crippen LogP contribution in [0.3, 0.4) is 0 Å². The van der Waals surface area contributed by atoms with Gasteiger partial charge in [-0.05, 0) is 20.4 Å². The summed E-state index contributed by atoms with van der Waals surface area (Å²) >= 11 is 0. The summed E-state index contributed by atoms with van der Waals surface area (Å²) < 4.78 is 15.8. The summed E-state index contributed by atoms with van der Waals surface area (Å²) in [7, 11) is 6.66. The zero-order valence-corrected chi connectivity index (χ0v) is 14.9. The van der Waals surface area contributed by atoms with Crippen LogP contribution in [0, 0.1) is 0 Å². The normalized spacial score (nSPS) is 12.0. The third kappa shape index (κ3) is 5.32. The van der Waals surface area contributed by atoms with E-state index in [4.69, 9.17) is 14.2 Å². The van der Waals surface area contributed by atoms with Crippen molar-refractivity contribution >= 4 is 11.6 Å². The highest BCUT2D eigenvalue weighted by molar-refractivity contribution is 5.91. The van der Waals surface area contributed by atoms with Gasteiger partial charge >= 0.3 is 0 Å². The van der Waals surface area contributed by atoms with E-state index in [-0.39, 0.29) is 5.91 Å². The molecule has 0 aliphatic carbocycles. The van der Waals surface area contributed by atoms with Gasteiger partial charge in [0, 0.05) is 36.8 Å². The average Bonchev–Trinajstić information content (AvgIpc) is 2.57. The first-order chi connectivity index (χ1) is 11.0. The van der Waals surface area contributed by atoms with Crippen LogP contribution >= 0.6 is 0 Å². The van der Waals surface area contributed by atoms with Gasteiger partial charge in [-0.1, -0.05) is 6.92 Å². The smallest absolute Gasteiger partial charge is 0.225 e. The van der Waals surface area contributed by atoms with E-state index in [0.717, 1.165) is 6.42 Å². The lowest BCUT2D eigenvalue weighted by molar-refractivity contribution is -0.116. The van der Waals surface area contributed by atoms with E-state index in [0.29, 0.717) is 41.9 Å². The molecule has 1 amide bonds. The number of nitrogens with zero attached hydrogens (tertiary/aromatic N) is 1. The molecule has 1 atom stereocenters. The topological polar surface area (TPSA) is 60.0 Å². The van der Waals surface area contributed by atoms with Crippen molar-refractivity contribution in [2.75, 3.05) is 40.2 Å². The first-order valence-corrected chi connectivity index (χ1v) is 7.76. The van der Waals surface area contributed by atoms with Gasteiger partial charge < -0.3 is 24.4 Å². The second-order valence-electron chi connectivity index (χ2n) is 5.45. The molecule has 0 heterocycles. The highest BCUT2D eigenvalue weighted by atomic mass is 16.5. The lowest BCUT2D eigenvalue weighted by Crippen LogP contribution is -2.31. The van der Waals surface area contributed by atoms with Crippen LogP contribution in [-0.4, -0.2) is 51.8 Å². The summed E-state index contributed by atoms with van der Waals surface area (Å²) in [6, 6.07) is 3.90. The number of anilines is 1. The third-order valence-corrected chi connectivity index (χ3v) is 3.98. The summed E-state index contributed by atoms with van der Waals surface area (Å²) in [6.07, 6.45) is 1.49. The van der Waals surface area contributed by atoms with Crippen molar-refractivity contribution in [3.8, 4) is 17.2 Å². The van der Waals surface area contributed by atoms with Gasteiger partial charge in [0.05, 0.1) is 21.3 Å². The Kier molecular flexibility index (Phi) is 7.68. The van der Waals surface area contributed by atoms with E-state index in [1.807, 2.05) is 7.05 Å². The van der Waals surface area contributed by atoms with E-state index in [1.165, 1.54) is 0 Å². The summed E-state index contributed by atoms with van der Waals surface area (Å²) in [4.78, 5) is 14.3. The lowest BCUT2D eigenvalue weighted by atomic mass is 10.2. The Morgan fingerprint density at radius 1 is 1.17 bits per heavy atom. The maximum absolute atomic E-state index is 12.1. The van der Waals surface area contributed by atoms with Gasteiger partial charge in [0.1, 0.15) is 0 Å². The second kappa shape index (κ2) is 9.25. The molecule has 0 fully saturated rings. The Morgan fingerprint density at radius 3 is 2.17 bits per heavy atom. The fraction of sp³-hybridized carbons (Fsp3) is 0.588. The maximum atomic E-state index is 12.1. The van der Waals surface area contributed by atoms with Gasteiger partial charge in [-0.3, -0.25) is 4.79 Å². The standard InChI is InChI=1S/C17H28N2O4/c1-7-12(2)19(3)9-8-16(20)18-13-10-14(21-4)17(23-6)15(11-13)22-5/h10-12H,7-9H2,1-6H3,(H,18,20)/t12-/m1/s1. The van der Waals surface area contributed by atoms with Crippen molar-refractivity contribution in [1.82, 2.24) is 4.90 Å². The highest BCUT2D eigenvalue weighted by Gasteiger charge is 2.15. The molecule has 1 rings (SSSR count). The number of ether oxygens (including phenoxy) is 3. The molecule has 1 aromatic carbocycles. The van der Waals surface area contributed by atoms with Crippen molar-refractivity contribution in [1.29, 1.82) is 0 Å². The molecule has 0 unspecified atom stereocenters. The maximum Gasteiger partial charge on any atom is 0.225 e. The fourth-order valence-electron chi connectivity index (χ4n) is 2.19. The average molecular weight is 324 g/mol. The van der Waals surface area contributed by atoms with Gasteiger partial charge in [-0.2, -0.15) is 0 Å². The SMILES string of the molecule is CC[C@@H](C)N(C)CCC(=O)Nc1cc(OC)c(OC)c(OC)c1. The summed E-state index contributed by atoms with van der Waals surface area (Å²) in [5, 5.41) is 2.87. The van der Waals surface area contributed by atoms with Crippen molar-refractivity contribution in [2.24, 2.45) is 0 Å². The Labute approximate surface area is 138 Å². The first kappa shape index (κ1) is 19.1. The van der Waals surface area contributed by atoms with Crippen LogP contribution in [0.5, 0.6) is 17.2 Å². The van der Waals surface area contributed by atoms with Gasteiger partial charge in [-0.15, -0.1) is 0 Å². The molecule has 130 valence electrons. The van der Waals surface area contributed by atoms with E-state index in [9.17, 15) is 4.79 Å². The number of hydrogen-bond acceptors (Lipinski definition) is 5. The van der Waals surface area contributed by atoms with Gasteiger partial charge in [0.2, 0.25) is 11.7 Å². The van der Waals surface area contributed by atoms with Gasteiger partial charge in [0.25, 0.3) is 0 Å². The molecule has 0 aliphatic heterocycles. The minimum absolute atomic E-state index is 0.0468. The molecule has 0 bridgehead atoms.